The Morgan fingerprint density at radius 2 is 2.24 bits per heavy atom. The second-order valence-corrected chi connectivity index (χ2v) is 6.12. The van der Waals surface area contributed by atoms with E-state index >= 15 is 0 Å². The smallest absolute Gasteiger partial charge is 0.144 e. The van der Waals surface area contributed by atoms with E-state index in [1.165, 1.54) is 24.3 Å². The Balaban J connectivity index is 2.00. The van der Waals surface area contributed by atoms with Gasteiger partial charge in [-0.1, -0.05) is 0 Å². The molecule has 1 N–H and O–H groups in total. The van der Waals surface area contributed by atoms with Gasteiger partial charge in [0.2, 0.25) is 0 Å². The quantitative estimate of drug-likeness (QED) is 0.852. The second-order valence-electron chi connectivity index (χ2n) is 4.12. The normalized spacial score (nSPS) is 20.5. The van der Waals surface area contributed by atoms with Gasteiger partial charge in [-0.2, -0.15) is 11.8 Å². The number of rotatable bonds is 3. The summed E-state index contributed by atoms with van der Waals surface area (Å²) in [6.07, 6.45) is 2.26. The Morgan fingerprint density at radius 3 is 2.94 bits per heavy atom. The van der Waals surface area contributed by atoms with Crippen LogP contribution < -0.4 is 5.32 Å². The third-order valence-electron chi connectivity index (χ3n) is 2.87. The van der Waals surface area contributed by atoms with Crippen LogP contribution in [0.5, 0.6) is 0 Å². The van der Waals surface area contributed by atoms with Crippen LogP contribution in [0.1, 0.15) is 18.4 Å². The van der Waals surface area contributed by atoms with Crippen molar-refractivity contribution in [3.63, 3.8) is 0 Å². The largest absolute Gasteiger partial charge is 0.309 e. The van der Waals surface area contributed by atoms with Crippen LogP contribution in [-0.2, 0) is 6.54 Å². The first-order valence-corrected chi connectivity index (χ1v) is 7.56. The van der Waals surface area contributed by atoms with E-state index in [-0.39, 0.29) is 12.1 Å². The molecule has 0 saturated carbocycles. The molecule has 94 valence electrons. The molecule has 0 radical (unpaired) electrons. The highest BCUT2D eigenvalue weighted by Crippen LogP contribution is 2.22. The maximum atomic E-state index is 13.7. The van der Waals surface area contributed by atoms with Crippen molar-refractivity contribution in [3.05, 3.63) is 33.8 Å². The van der Waals surface area contributed by atoms with Crippen LogP contribution in [0.3, 0.4) is 0 Å². The zero-order valence-corrected chi connectivity index (χ0v) is 11.7. The van der Waals surface area contributed by atoms with Gasteiger partial charge in [-0.05, 0) is 46.7 Å². The number of halogens is 3. The van der Waals surface area contributed by atoms with Gasteiger partial charge < -0.3 is 5.32 Å². The van der Waals surface area contributed by atoms with Gasteiger partial charge in [-0.3, -0.25) is 0 Å². The van der Waals surface area contributed by atoms with Gasteiger partial charge in [-0.25, -0.2) is 8.78 Å². The fourth-order valence-corrected chi connectivity index (χ4v) is 3.36. The average molecular weight is 322 g/mol. The summed E-state index contributed by atoms with van der Waals surface area (Å²) in [5, 5.41) is 3.23. The molecule has 1 atom stereocenters. The molecule has 0 aliphatic carbocycles. The molecule has 1 fully saturated rings. The van der Waals surface area contributed by atoms with E-state index in [9.17, 15) is 8.78 Å². The number of thioether (sulfide) groups is 1. The molecule has 17 heavy (non-hydrogen) atoms. The highest BCUT2D eigenvalue weighted by molar-refractivity contribution is 9.10. The van der Waals surface area contributed by atoms with E-state index in [1.807, 2.05) is 11.8 Å². The summed E-state index contributed by atoms with van der Waals surface area (Å²) in [6.45, 7) is 0.252. The molecule has 1 aromatic carbocycles. The summed E-state index contributed by atoms with van der Waals surface area (Å²) < 4.78 is 27.5. The third kappa shape index (κ3) is 3.42. The van der Waals surface area contributed by atoms with Crippen LogP contribution >= 0.6 is 27.7 Å². The van der Waals surface area contributed by atoms with Crippen molar-refractivity contribution in [1.82, 2.24) is 5.32 Å². The summed E-state index contributed by atoms with van der Waals surface area (Å²) in [4.78, 5) is 0. The van der Waals surface area contributed by atoms with E-state index in [2.05, 4.69) is 21.2 Å². The highest BCUT2D eigenvalue weighted by Gasteiger charge is 2.16. The SMILES string of the molecule is Fc1ccc(Br)c(F)c1CNC1CCCSC1. The predicted octanol–water partition coefficient (Wildman–Crippen LogP) is 3.71. The molecular weight excluding hydrogens is 308 g/mol. The maximum absolute atomic E-state index is 13.7. The fourth-order valence-electron chi connectivity index (χ4n) is 1.88. The number of nitrogens with one attached hydrogen (secondary N) is 1. The monoisotopic (exact) mass is 321 g/mol. The van der Waals surface area contributed by atoms with Crippen molar-refractivity contribution in [3.8, 4) is 0 Å². The second kappa shape index (κ2) is 6.16. The van der Waals surface area contributed by atoms with Crippen LogP contribution in [-0.4, -0.2) is 17.5 Å². The van der Waals surface area contributed by atoms with Crippen LogP contribution in [0.2, 0.25) is 0 Å². The van der Waals surface area contributed by atoms with Crippen molar-refractivity contribution in [2.75, 3.05) is 11.5 Å². The van der Waals surface area contributed by atoms with Crippen molar-refractivity contribution in [1.29, 1.82) is 0 Å². The summed E-state index contributed by atoms with van der Waals surface area (Å²) in [6, 6.07) is 3.05. The van der Waals surface area contributed by atoms with Crippen LogP contribution in [0.25, 0.3) is 0 Å². The predicted molar refractivity (Wildman–Crippen MR) is 71.2 cm³/mol. The van der Waals surface area contributed by atoms with E-state index in [0.29, 0.717) is 10.5 Å². The van der Waals surface area contributed by atoms with Crippen LogP contribution in [0.4, 0.5) is 8.78 Å². The van der Waals surface area contributed by atoms with Crippen molar-refractivity contribution < 1.29 is 8.78 Å². The number of hydrogen-bond donors (Lipinski definition) is 1. The van der Waals surface area contributed by atoms with Crippen molar-refractivity contribution >= 4 is 27.7 Å². The Labute approximate surface area is 112 Å². The minimum atomic E-state index is -0.499. The molecule has 1 aliphatic heterocycles. The molecule has 1 aliphatic rings. The van der Waals surface area contributed by atoms with Crippen LogP contribution in [0, 0.1) is 11.6 Å². The van der Waals surface area contributed by atoms with Gasteiger partial charge in [0.1, 0.15) is 11.6 Å². The lowest BCUT2D eigenvalue weighted by Crippen LogP contribution is -2.33. The topological polar surface area (TPSA) is 12.0 Å². The molecule has 2 rings (SSSR count). The zero-order valence-electron chi connectivity index (χ0n) is 9.31. The first kappa shape index (κ1) is 13.3. The summed E-state index contributed by atoms with van der Waals surface area (Å²) >= 11 is 4.96. The van der Waals surface area contributed by atoms with Gasteiger partial charge in [0.05, 0.1) is 4.47 Å². The number of hydrogen-bond acceptors (Lipinski definition) is 2. The Hall–Kier alpha value is -0.130. The number of benzene rings is 1. The summed E-state index contributed by atoms with van der Waals surface area (Å²) in [5.74, 6) is 1.23. The standard InChI is InChI=1S/C12H14BrF2NS/c13-10-3-4-11(14)9(12(10)15)6-16-8-2-1-5-17-7-8/h3-4,8,16H,1-2,5-7H2. The van der Waals surface area contributed by atoms with Crippen molar-refractivity contribution in [2.45, 2.75) is 25.4 Å². The van der Waals surface area contributed by atoms with Gasteiger partial charge >= 0.3 is 0 Å². The lowest BCUT2D eigenvalue weighted by atomic mass is 10.1. The molecule has 1 aromatic rings. The van der Waals surface area contributed by atoms with E-state index < -0.39 is 11.6 Å². The van der Waals surface area contributed by atoms with Gasteiger partial charge in [0.25, 0.3) is 0 Å². The summed E-state index contributed by atoms with van der Waals surface area (Å²) in [7, 11) is 0. The lowest BCUT2D eigenvalue weighted by Gasteiger charge is -2.22. The molecule has 1 heterocycles. The Kier molecular flexibility index (Phi) is 4.82. The highest BCUT2D eigenvalue weighted by atomic mass is 79.9. The van der Waals surface area contributed by atoms with Crippen molar-refractivity contribution in [2.24, 2.45) is 0 Å². The molecule has 0 amide bonds. The first-order chi connectivity index (χ1) is 8.18. The Bertz CT molecular complexity index is 394. The average Bonchev–Trinajstić information content (AvgIpc) is 2.35. The molecule has 5 heteroatoms. The lowest BCUT2D eigenvalue weighted by molar-refractivity contribution is 0.477. The summed E-state index contributed by atoms with van der Waals surface area (Å²) in [5.41, 5.74) is 0.120. The van der Waals surface area contributed by atoms with E-state index in [0.717, 1.165) is 12.2 Å². The molecule has 0 bridgehead atoms. The van der Waals surface area contributed by atoms with Crippen LogP contribution in [0.15, 0.2) is 16.6 Å². The van der Waals surface area contributed by atoms with E-state index in [1.54, 1.807) is 0 Å². The van der Waals surface area contributed by atoms with Gasteiger partial charge in [-0.15, -0.1) is 0 Å². The fraction of sp³-hybridized carbons (Fsp3) is 0.500. The maximum Gasteiger partial charge on any atom is 0.144 e. The zero-order chi connectivity index (χ0) is 12.3. The van der Waals surface area contributed by atoms with Gasteiger partial charge in [0.15, 0.2) is 0 Å². The molecule has 1 saturated heterocycles. The molecule has 1 unspecified atom stereocenters. The third-order valence-corrected chi connectivity index (χ3v) is 4.69. The molecular formula is C12H14BrF2NS. The minimum absolute atomic E-state index is 0.120. The van der Waals surface area contributed by atoms with E-state index in [4.69, 9.17) is 0 Å². The molecule has 0 spiro atoms. The van der Waals surface area contributed by atoms with Gasteiger partial charge in [0, 0.05) is 23.9 Å². The molecule has 0 aromatic heterocycles. The molecule has 1 nitrogen and oxygen atoms in total. The Morgan fingerprint density at radius 1 is 1.41 bits per heavy atom. The first-order valence-electron chi connectivity index (χ1n) is 5.62. The minimum Gasteiger partial charge on any atom is -0.309 e.